The number of hydrogen-bond acceptors (Lipinski definition) is 3. The molecule has 0 atom stereocenters. The van der Waals surface area contributed by atoms with Gasteiger partial charge in [-0.3, -0.25) is 0 Å². The van der Waals surface area contributed by atoms with E-state index in [1.54, 1.807) is 12.2 Å². The lowest BCUT2D eigenvalue weighted by Crippen LogP contribution is -2.06. The van der Waals surface area contributed by atoms with Gasteiger partial charge >= 0.3 is 5.97 Å². The van der Waals surface area contributed by atoms with Gasteiger partial charge in [-0.1, -0.05) is 42.5 Å². The molecule has 1 N–H and O–H groups in total. The van der Waals surface area contributed by atoms with Crippen LogP contribution in [0.4, 0.5) is 5.69 Å². The molecule has 0 saturated heterocycles. The zero-order chi connectivity index (χ0) is 14.2. The molecule has 3 nitrogen and oxygen atoms in total. The molecule has 0 bridgehead atoms. The Hall–Kier alpha value is -2.55. The number of carbonyl (C=O) groups is 1. The van der Waals surface area contributed by atoms with Crippen LogP contribution in [-0.4, -0.2) is 13.0 Å². The summed E-state index contributed by atoms with van der Waals surface area (Å²) in [5.74, 6) is -0.320. The van der Waals surface area contributed by atoms with Crippen molar-refractivity contribution in [1.29, 1.82) is 0 Å². The van der Waals surface area contributed by atoms with Gasteiger partial charge < -0.3 is 10.1 Å². The highest BCUT2D eigenvalue weighted by Crippen LogP contribution is 2.11. The lowest BCUT2D eigenvalue weighted by Gasteiger charge is -2.06. The van der Waals surface area contributed by atoms with Gasteiger partial charge in [-0.2, -0.15) is 0 Å². The van der Waals surface area contributed by atoms with Crippen molar-refractivity contribution in [1.82, 2.24) is 0 Å². The minimum absolute atomic E-state index is 0.271. The Morgan fingerprint density at radius 1 is 1.05 bits per heavy atom. The molecule has 3 heteroatoms. The molecule has 2 rings (SSSR count). The highest BCUT2D eigenvalue weighted by Gasteiger charge is 2.07. The highest BCUT2D eigenvalue weighted by atomic mass is 16.5. The number of rotatable bonds is 4. The predicted octanol–water partition coefficient (Wildman–Crippen LogP) is 3.38. The summed E-state index contributed by atoms with van der Waals surface area (Å²) in [6.07, 6.45) is 12.8. The molecule has 102 valence electrons. The molecule has 0 unspecified atom stereocenters. The second-order valence-electron chi connectivity index (χ2n) is 4.27. The number of allylic oxidation sites excluding steroid dienone is 6. The first-order chi connectivity index (χ1) is 9.79. The lowest BCUT2D eigenvalue weighted by molar-refractivity contribution is -0.139. The van der Waals surface area contributed by atoms with Gasteiger partial charge in [0.15, 0.2) is 0 Å². The Labute approximate surface area is 119 Å². The first-order valence-electron chi connectivity index (χ1n) is 6.45. The molecule has 0 spiro atoms. The first-order valence-corrected chi connectivity index (χ1v) is 6.45. The largest absolute Gasteiger partial charge is 0.457 e. The van der Waals surface area contributed by atoms with Crippen molar-refractivity contribution in [2.75, 3.05) is 12.4 Å². The molecule has 1 aliphatic carbocycles. The quantitative estimate of drug-likeness (QED) is 0.850. The molecule has 0 heterocycles. The summed E-state index contributed by atoms with van der Waals surface area (Å²) in [7, 11) is 1.87. The number of carbonyl (C=O) groups excluding carboxylic acids is 1. The minimum atomic E-state index is -0.320. The van der Waals surface area contributed by atoms with E-state index in [0.29, 0.717) is 5.57 Å². The van der Waals surface area contributed by atoms with Crippen LogP contribution >= 0.6 is 0 Å². The van der Waals surface area contributed by atoms with E-state index in [-0.39, 0.29) is 12.6 Å². The van der Waals surface area contributed by atoms with Crippen molar-refractivity contribution in [3.63, 3.8) is 0 Å². The van der Waals surface area contributed by atoms with Gasteiger partial charge in [-0.25, -0.2) is 4.79 Å². The van der Waals surface area contributed by atoms with Crippen molar-refractivity contribution in [3.8, 4) is 0 Å². The number of nitrogens with one attached hydrogen (secondary N) is 1. The highest BCUT2D eigenvalue weighted by molar-refractivity contribution is 5.92. The van der Waals surface area contributed by atoms with E-state index in [1.807, 2.05) is 61.7 Å². The maximum absolute atomic E-state index is 11.9. The second-order valence-corrected chi connectivity index (χ2v) is 4.27. The summed E-state index contributed by atoms with van der Waals surface area (Å²) in [4.78, 5) is 11.9. The van der Waals surface area contributed by atoms with E-state index in [9.17, 15) is 4.79 Å². The Morgan fingerprint density at radius 2 is 1.75 bits per heavy atom. The topological polar surface area (TPSA) is 38.3 Å². The van der Waals surface area contributed by atoms with E-state index in [1.165, 1.54) is 0 Å². The third-order valence-corrected chi connectivity index (χ3v) is 2.84. The van der Waals surface area contributed by atoms with E-state index in [2.05, 4.69) is 5.32 Å². The summed E-state index contributed by atoms with van der Waals surface area (Å²) in [6, 6.07) is 7.77. The zero-order valence-corrected chi connectivity index (χ0v) is 11.4. The van der Waals surface area contributed by atoms with Crippen molar-refractivity contribution >= 4 is 11.7 Å². The molecular formula is C17H17NO2. The average Bonchev–Trinajstić information content (AvgIpc) is 2.45. The summed E-state index contributed by atoms with van der Waals surface area (Å²) in [6.45, 7) is 0.271. The zero-order valence-electron chi connectivity index (χ0n) is 11.4. The molecular weight excluding hydrogens is 250 g/mol. The van der Waals surface area contributed by atoms with Gasteiger partial charge in [0.1, 0.15) is 6.61 Å². The average molecular weight is 267 g/mol. The number of hydrogen-bond donors (Lipinski definition) is 1. The number of esters is 1. The van der Waals surface area contributed by atoms with Gasteiger partial charge in [0.2, 0.25) is 0 Å². The van der Waals surface area contributed by atoms with Crippen LogP contribution in [0.3, 0.4) is 0 Å². The fourth-order valence-corrected chi connectivity index (χ4v) is 1.70. The van der Waals surface area contributed by atoms with Crippen LogP contribution < -0.4 is 5.32 Å². The lowest BCUT2D eigenvalue weighted by atomic mass is 10.2. The van der Waals surface area contributed by atoms with E-state index >= 15 is 0 Å². The maximum Gasteiger partial charge on any atom is 0.338 e. The standard InChI is InChI=1S/C17H17NO2/c1-18-16-11-9-14(10-12-16)13-20-17(19)15-7-5-3-2-4-6-8-15/h2-12,18H,13H2,1H3/b3-2-,4-2?,5-3?,6-4-,7-5-,8-6?,15-7?,15-8+. The fraction of sp³-hybridized carbons (Fsp3) is 0.118. The third kappa shape index (κ3) is 3.99. The normalized spacial score (nSPS) is 20.8. The van der Waals surface area contributed by atoms with Gasteiger partial charge in [0.25, 0.3) is 0 Å². The molecule has 0 saturated carbocycles. The smallest absolute Gasteiger partial charge is 0.338 e. The van der Waals surface area contributed by atoms with Crippen LogP contribution in [0.2, 0.25) is 0 Å². The molecule has 0 fully saturated rings. The van der Waals surface area contributed by atoms with Crippen molar-refractivity contribution in [2.45, 2.75) is 6.61 Å². The summed E-state index contributed by atoms with van der Waals surface area (Å²) in [5, 5.41) is 3.04. The molecule has 1 aromatic rings. The Balaban J connectivity index is 1.94. The van der Waals surface area contributed by atoms with Crippen molar-refractivity contribution in [2.24, 2.45) is 0 Å². The second kappa shape index (κ2) is 7.14. The Kier molecular flexibility index (Phi) is 4.95. The van der Waals surface area contributed by atoms with Crippen LogP contribution in [-0.2, 0) is 16.1 Å². The first kappa shape index (κ1) is 13.9. The molecule has 0 aromatic heterocycles. The van der Waals surface area contributed by atoms with E-state index < -0.39 is 0 Å². The number of benzene rings is 1. The molecule has 20 heavy (non-hydrogen) atoms. The van der Waals surface area contributed by atoms with Crippen LogP contribution in [0.1, 0.15) is 5.56 Å². The monoisotopic (exact) mass is 267 g/mol. The van der Waals surface area contributed by atoms with E-state index in [4.69, 9.17) is 4.74 Å². The van der Waals surface area contributed by atoms with Gasteiger partial charge in [0.05, 0.1) is 5.57 Å². The van der Waals surface area contributed by atoms with Crippen molar-refractivity contribution < 1.29 is 9.53 Å². The molecule has 0 amide bonds. The minimum Gasteiger partial charge on any atom is -0.457 e. The van der Waals surface area contributed by atoms with Crippen LogP contribution in [0, 0.1) is 0 Å². The van der Waals surface area contributed by atoms with Crippen LogP contribution in [0.25, 0.3) is 0 Å². The third-order valence-electron chi connectivity index (χ3n) is 2.84. The van der Waals surface area contributed by atoms with Crippen LogP contribution in [0.5, 0.6) is 0 Å². The number of anilines is 1. The van der Waals surface area contributed by atoms with Gasteiger partial charge in [-0.05, 0) is 29.8 Å². The summed E-state index contributed by atoms with van der Waals surface area (Å²) in [5.41, 5.74) is 2.53. The van der Waals surface area contributed by atoms with Gasteiger partial charge in [-0.15, -0.1) is 0 Å². The van der Waals surface area contributed by atoms with Crippen LogP contribution in [0.15, 0.2) is 72.4 Å². The molecule has 1 aromatic carbocycles. The van der Waals surface area contributed by atoms with E-state index in [0.717, 1.165) is 11.3 Å². The fourth-order valence-electron chi connectivity index (χ4n) is 1.70. The predicted molar refractivity (Wildman–Crippen MR) is 81.3 cm³/mol. The van der Waals surface area contributed by atoms with Crippen molar-refractivity contribution in [3.05, 3.63) is 77.9 Å². The number of ether oxygens (including phenoxy) is 1. The molecule has 0 aliphatic heterocycles. The van der Waals surface area contributed by atoms with Gasteiger partial charge in [0, 0.05) is 12.7 Å². The Morgan fingerprint density at radius 3 is 2.50 bits per heavy atom. The molecule has 1 aliphatic rings. The summed E-state index contributed by atoms with van der Waals surface area (Å²) < 4.78 is 5.30. The molecule has 0 radical (unpaired) electrons. The maximum atomic E-state index is 11.9. The SMILES string of the molecule is CNc1ccc(COC(=O)C2=C/C=C\C=C/C=C\2)cc1. The summed E-state index contributed by atoms with van der Waals surface area (Å²) >= 11 is 0. The Bertz CT molecular complexity index is 578.